The van der Waals surface area contributed by atoms with E-state index in [0.29, 0.717) is 17.6 Å². The first kappa shape index (κ1) is 10.6. The number of aliphatic hydroxyl groups excluding tert-OH is 1. The molecule has 82 valence electrons. The molecule has 0 heterocycles. The summed E-state index contributed by atoms with van der Waals surface area (Å²) >= 11 is 0. The van der Waals surface area contributed by atoms with Gasteiger partial charge in [-0.05, 0) is 30.7 Å². The van der Waals surface area contributed by atoms with E-state index in [0.717, 1.165) is 0 Å². The van der Waals surface area contributed by atoms with Gasteiger partial charge in [-0.3, -0.25) is 4.79 Å². The third kappa shape index (κ3) is 2.20. The summed E-state index contributed by atoms with van der Waals surface area (Å²) in [6, 6.07) is 6.12. The minimum atomic E-state index is -0.489. The molecule has 0 radical (unpaired) electrons. The second-order valence-electron chi connectivity index (χ2n) is 3.70. The molecule has 1 aliphatic carbocycles. The standard InChI is InChI=1S/C13H12O3/c14-11-5-1-9(2-6-11)13(16)10-3-7-12(15)8-4-10/h1-7,12,14-15H,8H2. The molecule has 1 unspecified atom stereocenters. The third-order valence-corrected chi connectivity index (χ3v) is 2.47. The van der Waals surface area contributed by atoms with Gasteiger partial charge in [-0.25, -0.2) is 0 Å². The van der Waals surface area contributed by atoms with Gasteiger partial charge in [-0.2, -0.15) is 0 Å². The summed E-state index contributed by atoms with van der Waals surface area (Å²) in [5.74, 6) is 0.0447. The molecular weight excluding hydrogens is 204 g/mol. The van der Waals surface area contributed by atoms with Crippen molar-refractivity contribution in [3.05, 3.63) is 53.6 Å². The van der Waals surface area contributed by atoms with Crippen molar-refractivity contribution in [3.63, 3.8) is 0 Å². The number of Topliss-reactive ketones (excluding diaryl/α,β-unsaturated/α-hetero) is 1. The topological polar surface area (TPSA) is 57.5 Å². The number of carbonyl (C=O) groups is 1. The smallest absolute Gasteiger partial charge is 0.192 e. The van der Waals surface area contributed by atoms with Crippen molar-refractivity contribution >= 4 is 5.78 Å². The normalized spacial score (nSPS) is 19.3. The van der Waals surface area contributed by atoms with Gasteiger partial charge in [0.2, 0.25) is 0 Å². The van der Waals surface area contributed by atoms with Crippen LogP contribution in [-0.2, 0) is 0 Å². The summed E-state index contributed by atoms with van der Waals surface area (Å²) in [6.45, 7) is 0. The fraction of sp³-hybridized carbons (Fsp3) is 0.154. The monoisotopic (exact) mass is 216 g/mol. The van der Waals surface area contributed by atoms with Crippen molar-refractivity contribution in [1.29, 1.82) is 0 Å². The highest BCUT2D eigenvalue weighted by atomic mass is 16.3. The Morgan fingerprint density at radius 1 is 1.25 bits per heavy atom. The highest BCUT2D eigenvalue weighted by molar-refractivity contribution is 6.10. The Labute approximate surface area is 93.4 Å². The number of phenolic OH excluding ortho intramolecular Hbond substituents is 1. The summed E-state index contributed by atoms with van der Waals surface area (Å²) in [7, 11) is 0. The van der Waals surface area contributed by atoms with Crippen molar-refractivity contribution in [1.82, 2.24) is 0 Å². The Morgan fingerprint density at radius 2 is 1.94 bits per heavy atom. The maximum Gasteiger partial charge on any atom is 0.192 e. The van der Waals surface area contributed by atoms with E-state index in [1.165, 1.54) is 12.1 Å². The van der Waals surface area contributed by atoms with Gasteiger partial charge in [0.1, 0.15) is 5.75 Å². The predicted octanol–water partition coefficient (Wildman–Crippen LogP) is 1.82. The first-order valence-electron chi connectivity index (χ1n) is 5.07. The maximum atomic E-state index is 11.9. The lowest BCUT2D eigenvalue weighted by Crippen LogP contribution is -2.09. The Kier molecular flexibility index (Phi) is 2.88. The highest BCUT2D eigenvalue weighted by Crippen LogP contribution is 2.17. The molecule has 0 amide bonds. The van der Waals surface area contributed by atoms with Gasteiger partial charge in [0, 0.05) is 11.1 Å². The van der Waals surface area contributed by atoms with Crippen molar-refractivity contribution in [2.45, 2.75) is 12.5 Å². The Bertz CT molecular complexity index is 455. The zero-order valence-electron chi connectivity index (χ0n) is 8.63. The van der Waals surface area contributed by atoms with Crippen LogP contribution in [0.5, 0.6) is 5.75 Å². The molecule has 0 aromatic heterocycles. The van der Waals surface area contributed by atoms with Gasteiger partial charge in [0.15, 0.2) is 5.78 Å². The molecule has 1 atom stereocenters. The molecule has 1 aliphatic rings. The summed E-state index contributed by atoms with van der Waals surface area (Å²) in [6.07, 6.45) is 4.93. The second-order valence-corrected chi connectivity index (χ2v) is 3.70. The summed E-state index contributed by atoms with van der Waals surface area (Å²) < 4.78 is 0. The molecule has 0 spiro atoms. The minimum Gasteiger partial charge on any atom is -0.508 e. The molecular formula is C13H12O3. The van der Waals surface area contributed by atoms with Crippen LogP contribution in [0, 0.1) is 0 Å². The molecule has 3 nitrogen and oxygen atoms in total. The number of rotatable bonds is 2. The lowest BCUT2D eigenvalue weighted by Gasteiger charge is -2.10. The van der Waals surface area contributed by atoms with Crippen LogP contribution in [0.1, 0.15) is 16.8 Å². The Balaban J connectivity index is 2.20. The number of aromatic hydroxyl groups is 1. The van der Waals surface area contributed by atoms with E-state index in [9.17, 15) is 9.90 Å². The summed E-state index contributed by atoms with van der Waals surface area (Å²) in [4.78, 5) is 11.9. The molecule has 16 heavy (non-hydrogen) atoms. The second kappa shape index (κ2) is 4.33. The molecule has 0 bridgehead atoms. The van der Waals surface area contributed by atoms with E-state index < -0.39 is 6.10 Å². The Morgan fingerprint density at radius 3 is 2.50 bits per heavy atom. The molecule has 2 rings (SSSR count). The number of aliphatic hydroxyl groups is 1. The third-order valence-electron chi connectivity index (χ3n) is 2.47. The molecule has 0 saturated heterocycles. The Hall–Kier alpha value is -1.87. The fourth-order valence-corrected chi connectivity index (χ4v) is 1.56. The van der Waals surface area contributed by atoms with Crippen LogP contribution in [0.25, 0.3) is 0 Å². The van der Waals surface area contributed by atoms with Crippen molar-refractivity contribution in [2.24, 2.45) is 0 Å². The number of allylic oxidation sites excluding steroid dienone is 2. The van der Waals surface area contributed by atoms with Gasteiger partial charge >= 0.3 is 0 Å². The molecule has 3 heteroatoms. The van der Waals surface area contributed by atoms with E-state index in [1.54, 1.807) is 30.4 Å². The highest BCUT2D eigenvalue weighted by Gasteiger charge is 2.13. The van der Waals surface area contributed by atoms with Gasteiger partial charge in [0.25, 0.3) is 0 Å². The van der Waals surface area contributed by atoms with Crippen molar-refractivity contribution in [2.75, 3.05) is 0 Å². The minimum absolute atomic E-state index is 0.0943. The van der Waals surface area contributed by atoms with Crippen LogP contribution >= 0.6 is 0 Å². The maximum absolute atomic E-state index is 11.9. The molecule has 2 N–H and O–H groups in total. The van der Waals surface area contributed by atoms with E-state index in [-0.39, 0.29) is 11.5 Å². The zero-order chi connectivity index (χ0) is 11.5. The van der Waals surface area contributed by atoms with E-state index in [2.05, 4.69) is 0 Å². The number of hydrogen-bond donors (Lipinski definition) is 2. The van der Waals surface area contributed by atoms with Crippen LogP contribution in [0.3, 0.4) is 0 Å². The fourth-order valence-electron chi connectivity index (χ4n) is 1.56. The summed E-state index contributed by atoms with van der Waals surface area (Å²) in [5.41, 5.74) is 1.11. The molecule has 1 aromatic carbocycles. The average molecular weight is 216 g/mol. The SMILES string of the molecule is O=C(C1=CCC(O)C=C1)c1ccc(O)cc1. The number of benzene rings is 1. The number of ketones is 1. The first-order valence-corrected chi connectivity index (χ1v) is 5.07. The van der Waals surface area contributed by atoms with Crippen LogP contribution < -0.4 is 0 Å². The molecule has 0 fully saturated rings. The number of phenols is 1. The largest absolute Gasteiger partial charge is 0.508 e. The van der Waals surface area contributed by atoms with Crippen molar-refractivity contribution < 1.29 is 15.0 Å². The van der Waals surface area contributed by atoms with Gasteiger partial charge in [-0.15, -0.1) is 0 Å². The number of carbonyl (C=O) groups excluding carboxylic acids is 1. The average Bonchev–Trinajstić information content (AvgIpc) is 2.30. The molecule has 0 aliphatic heterocycles. The zero-order valence-corrected chi connectivity index (χ0v) is 8.63. The van der Waals surface area contributed by atoms with Gasteiger partial charge < -0.3 is 10.2 Å². The molecule has 1 aromatic rings. The number of hydrogen-bond acceptors (Lipinski definition) is 3. The van der Waals surface area contributed by atoms with E-state index in [4.69, 9.17) is 5.11 Å². The van der Waals surface area contributed by atoms with Crippen LogP contribution in [0.2, 0.25) is 0 Å². The lowest BCUT2D eigenvalue weighted by atomic mass is 9.97. The van der Waals surface area contributed by atoms with E-state index >= 15 is 0 Å². The predicted molar refractivity (Wildman–Crippen MR) is 60.3 cm³/mol. The lowest BCUT2D eigenvalue weighted by molar-refractivity contribution is 0.103. The van der Waals surface area contributed by atoms with Gasteiger partial charge in [0.05, 0.1) is 6.10 Å². The van der Waals surface area contributed by atoms with Crippen LogP contribution in [-0.4, -0.2) is 22.1 Å². The van der Waals surface area contributed by atoms with E-state index in [1.807, 2.05) is 0 Å². The van der Waals surface area contributed by atoms with Gasteiger partial charge in [-0.1, -0.05) is 18.2 Å². The summed E-state index contributed by atoms with van der Waals surface area (Å²) in [5, 5.41) is 18.4. The van der Waals surface area contributed by atoms with Crippen LogP contribution in [0.15, 0.2) is 48.1 Å². The first-order chi connectivity index (χ1) is 7.66. The van der Waals surface area contributed by atoms with Crippen molar-refractivity contribution in [3.8, 4) is 5.75 Å². The van der Waals surface area contributed by atoms with Crippen LogP contribution in [0.4, 0.5) is 0 Å². The molecule has 0 saturated carbocycles. The quantitative estimate of drug-likeness (QED) is 0.741.